The highest BCUT2D eigenvalue weighted by atomic mass is 19.1. The van der Waals surface area contributed by atoms with Crippen molar-refractivity contribution in [1.82, 2.24) is 5.32 Å². The molecule has 100 valence electrons. The van der Waals surface area contributed by atoms with Gasteiger partial charge in [0.1, 0.15) is 5.82 Å². The fourth-order valence-corrected chi connectivity index (χ4v) is 2.27. The molecule has 0 fully saturated rings. The van der Waals surface area contributed by atoms with Crippen LogP contribution in [0.25, 0.3) is 11.1 Å². The van der Waals surface area contributed by atoms with Gasteiger partial charge in [-0.1, -0.05) is 48.4 Å². The summed E-state index contributed by atoms with van der Waals surface area (Å²) in [6, 6.07) is 11.8. The van der Waals surface area contributed by atoms with E-state index in [1.165, 1.54) is 11.1 Å². The Morgan fingerprint density at radius 2 is 1.63 bits per heavy atom. The van der Waals surface area contributed by atoms with Crippen molar-refractivity contribution < 1.29 is 4.39 Å². The van der Waals surface area contributed by atoms with Crippen LogP contribution >= 0.6 is 0 Å². The monoisotopic (exact) mass is 257 g/mol. The molecule has 0 aliphatic rings. The molecule has 0 aromatic heterocycles. The molecule has 0 saturated heterocycles. The van der Waals surface area contributed by atoms with Crippen LogP contribution in [0.4, 0.5) is 4.39 Å². The Kier molecular flexibility index (Phi) is 4.33. The average molecular weight is 257 g/mol. The third-order valence-corrected chi connectivity index (χ3v) is 3.17. The van der Waals surface area contributed by atoms with Gasteiger partial charge in [0.25, 0.3) is 0 Å². The van der Waals surface area contributed by atoms with Gasteiger partial charge in [-0.25, -0.2) is 4.39 Å². The molecule has 0 spiro atoms. The number of nitrogens with one attached hydrogen (secondary N) is 1. The summed E-state index contributed by atoms with van der Waals surface area (Å²) in [7, 11) is 0. The minimum Gasteiger partial charge on any atom is -0.313 e. The van der Waals surface area contributed by atoms with E-state index in [1.807, 2.05) is 19.1 Å². The summed E-state index contributed by atoms with van der Waals surface area (Å²) in [5.41, 5.74) is 5.13. The fraction of sp³-hybridized carbons (Fsp3) is 0.294. The first-order valence-electron chi connectivity index (χ1n) is 6.68. The highest BCUT2D eigenvalue weighted by Gasteiger charge is 2.05. The van der Waals surface area contributed by atoms with Gasteiger partial charge in [-0.3, -0.25) is 0 Å². The molecule has 2 aromatic rings. The van der Waals surface area contributed by atoms with E-state index >= 15 is 0 Å². The first kappa shape index (κ1) is 13.8. The zero-order valence-corrected chi connectivity index (χ0v) is 11.8. The van der Waals surface area contributed by atoms with Gasteiger partial charge in [0.05, 0.1) is 0 Å². The molecular formula is C17H20FN. The molecule has 1 nitrogen and oxygen atoms in total. The van der Waals surface area contributed by atoms with E-state index in [9.17, 15) is 4.39 Å². The molecule has 0 aliphatic heterocycles. The average Bonchev–Trinajstić information content (AvgIpc) is 2.36. The number of benzene rings is 2. The van der Waals surface area contributed by atoms with Crippen molar-refractivity contribution in [3.8, 4) is 11.1 Å². The molecule has 19 heavy (non-hydrogen) atoms. The molecule has 0 unspecified atom stereocenters. The van der Waals surface area contributed by atoms with E-state index in [2.05, 4.69) is 37.4 Å². The molecule has 0 atom stereocenters. The van der Waals surface area contributed by atoms with Gasteiger partial charge in [-0.05, 0) is 37.6 Å². The lowest BCUT2D eigenvalue weighted by atomic mass is 9.99. The molecule has 0 heterocycles. The lowest BCUT2D eigenvalue weighted by Crippen LogP contribution is -2.12. The predicted molar refractivity (Wildman–Crippen MR) is 78.7 cm³/mol. The van der Waals surface area contributed by atoms with E-state index in [1.54, 1.807) is 6.07 Å². The second-order valence-electron chi connectivity index (χ2n) is 4.96. The quantitative estimate of drug-likeness (QED) is 0.864. The fourth-order valence-electron chi connectivity index (χ4n) is 2.27. The maximum atomic E-state index is 14.0. The van der Waals surface area contributed by atoms with Gasteiger partial charge in [-0.15, -0.1) is 0 Å². The molecule has 1 N–H and O–H groups in total. The van der Waals surface area contributed by atoms with Crippen LogP contribution in [0.5, 0.6) is 0 Å². The van der Waals surface area contributed by atoms with Crippen LogP contribution in [-0.4, -0.2) is 6.54 Å². The standard InChI is InChI=1S/C17H20FN/c1-4-19-11-15-6-5-14(10-17(15)18)16-8-12(2)7-13(3)9-16/h5-10,19H,4,11H2,1-3H3. The van der Waals surface area contributed by atoms with Crippen LogP contribution in [0.3, 0.4) is 0 Å². The summed E-state index contributed by atoms with van der Waals surface area (Å²) in [4.78, 5) is 0. The number of hydrogen-bond donors (Lipinski definition) is 1. The number of aryl methyl sites for hydroxylation is 2. The van der Waals surface area contributed by atoms with Gasteiger partial charge in [0.15, 0.2) is 0 Å². The van der Waals surface area contributed by atoms with Crippen LogP contribution < -0.4 is 5.32 Å². The number of hydrogen-bond acceptors (Lipinski definition) is 1. The van der Waals surface area contributed by atoms with Crippen LogP contribution in [0.1, 0.15) is 23.6 Å². The summed E-state index contributed by atoms with van der Waals surface area (Å²) in [6.45, 7) is 7.56. The Hall–Kier alpha value is -1.67. The van der Waals surface area contributed by atoms with Crippen molar-refractivity contribution in [2.75, 3.05) is 6.54 Å². The van der Waals surface area contributed by atoms with Gasteiger partial charge < -0.3 is 5.32 Å². The molecule has 2 rings (SSSR count). The highest BCUT2D eigenvalue weighted by Crippen LogP contribution is 2.24. The Labute approximate surface area is 114 Å². The lowest BCUT2D eigenvalue weighted by molar-refractivity contribution is 0.594. The minimum atomic E-state index is -0.141. The topological polar surface area (TPSA) is 12.0 Å². The smallest absolute Gasteiger partial charge is 0.128 e. The summed E-state index contributed by atoms with van der Waals surface area (Å²) >= 11 is 0. The van der Waals surface area contributed by atoms with Crippen LogP contribution in [0, 0.1) is 19.7 Å². The second kappa shape index (κ2) is 5.98. The van der Waals surface area contributed by atoms with E-state index in [0.29, 0.717) is 6.54 Å². The minimum absolute atomic E-state index is 0.141. The highest BCUT2D eigenvalue weighted by molar-refractivity contribution is 5.65. The zero-order chi connectivity index (χ0) is 13.8. The maximum Gasteiger partial charge on any atom is 0.128 e. The third-order valence-electron chi connectivity index (χ3n) is 3.17. The Bertz CT molecular complexity index is 555. The van der Waals surface area contributed by atoms with E-state index in [0.717, 1.165) is 23.2 Å². The molecule has 2 aromatic carbocycles. The molecule has 0 saturated carbocycles. The molecular weight excluding hydrogens is 237 g/mol. The van der Waals surface area contributed by atoms with Crippen molar-refractivity contribution in [2.45, 2.75) is 27.3 Å². The summed E-state index contributed by atoms with van der Waals surface area (Å²) in [5, 5.41) is 3.14. The lowest BCUT2D eigenvalue weighted by Gasteiger charge is -2.08. The second-order valence-corrected chi connectivity index (χ2v) is 4.96. The first-order chi connectivity index (χ1) is 9.10. The van der Waals surface area contributed by atoms with E-state index < -0.39 is 0 Å². The van der Waals surface area contributed by atoms with Gasteiger partial charge in [-0.2, -0.15) is 0 Å². The molecule has 0 radical (unpaired) electrons. The normalized spacial score (nSPS) is 10.7. The van der Waals surface area contributed by atoms with Gasteiger partial charge >= 0.3 is 0 Å². The SMILES string of the molecule is CCNCc1ccc(-c2cc(C)cc(C)c2)cc1F. The zero-order valence-electron chi connectivity index (χ0n) is 11.8. The predicted octanol–water partition coefficient (Wildman–Crippen LogP) is 4.22. The molecule has 0 bridgehead atoms. The van der Waals surface area contributed by atoms with Crippen molar-refractivity contribution >= 4 is 0 Å². The Balaban J connectivity index is 2.33. The van der Waals surface area contributed by atoms with Gasteiger partial charge in [0, 0.05) is 12.1 Å². The summed E-state index contributed by atoms with van der Waals surface area (Å²) in [6.07, 6.45) is 0. The maximum absolute atomic E-state index is 14.0. The van der Waals surface area contributed by atoms with Crippen molar-refractivity contribution in [3.63, 3.8) is 0 Å². The van der Waals surface area contributed by atoms with Crippen molar-refractivity contribution in [1.29, 1.82) is 0 Å². The number of halogens is 1. The summed E-state index contributed by atoms with van der Waals surface area (Å²) in [5.74, 6) is -0.141. The number of rotatable bonds is 4. The molecule has 0 aliphatic carbocycles. The third kappa shape index (κ3) is 3.42. The largest absolute Gasteiger partial charge is 0.313 e. The van der Waals surface area contributed by atoms with Crippen LogP contribution in [0.15, 0.2) is 36.4 Å². The molecule has 0 amide bonds. The van der Waals surface area contributed by atoms with E-state index in [4.69, 9.17) is 0 Å². The Morgan fingerprint density at radius 1 is 0.947 bits per heavy atom. The van der Waals surface area contributed by atoms with Crippen LogP contribution in [0.2, 0.25) is 0 Å². The van der Waals surface area contributed by atoms with Gasteiger partial charge in [0.2, 0.25) is 0 Å². The first-order valence-corrected chi connectivity index (χ1v) is 6.68. The summed E-state index contributed by atoms with van der Waals surface area (Å²) < 4.78 is 14.0. The van der Waals surface area contributed by atoms with Crippen LogP contribution in [-0.2, 0) is 6.54 Å². The molecule has 2 heteroatoms. The van der Waals surface area contributed by atoms with Crippen molar-refractivity contribution in [2.24, 2.45) is 0 Å². The van der Waals surface area contributed by atoms with Crippen molar-refractivity contribution in [3.05, 3.63) is 58.9 Å². The Morgan fingerprint density at radius 3 is 2.21 bits per heavy atom. The van der Waals surface area contributed by atoms with E-state index in [-0.39, 0.29) is 5.82 Å².